The number of pyridine rings is 1. The Kier molecular flexibility index (Phi) is 4.41. The predicted octanol–water partition coefficient (Wildman–Crippen LogP) is 0.925. The second-order valence-electron chi connectivity index (χ2n) is 4.27. The molecule has 0 unspecified atom stereocenters. The van der Waals surface area contributed by atoms with E-state index >= 15 is 0 Å². The smallest absolute Gasteiger partial charge is 0.319 e. The zero-order valence-electron chi connectivity index (χ0n) is 10.4. The minimum Gasteiger partial charge on any atom is -0.468 e. The zero-order valence-corrected chi connectivity index (χ0v) is 10.4. The van der Waals surface area contributed by atoms with Gasteiger partial charge in [-0.05, 0) is 30.5 Å². The third-order valence-electron chi connectivity index (χ3n) is 2.63. The number of rotatable bonds is 6. The maximum atomic E-state index is 10.9. The molecule has 0 bridgehead atoms. The molecule has 1 aliphatic rings. The number of carbonyl (C=O) groups excluding carboxylic acids is 1. The van der Waals surface area contributed by atoms with Crippen molar-refractivity contribution in [2.45, 2.75) is 25.4 Å². The van der Waals surface area contributed by atoms with Crippen molar-refractivity contribution < 1.29 is 9.53 Å². The van der Waals surface area contributed by atoms with Gasteiger partial charge in [-0.15, -0.1) is 0 Å². The third kappa shape index (κ3) is 4.25. The molecule has 0 amide bonds. The van der Waals surface area contributed by atoms with Crippen LogP contribution in [0.15, 0.2) is 23.3 Å². The fourth-order valence-electron chi connectivity index (χ4n) is 1.45. The average Bonchev–Trinajstić information content (AvgIpc) is 3.21. The summed E-state index contributed by atoms with van der Waals surface area (Å²) in [5, 5.41) is 2.98. The predicted molar refractivity (Wildman–Crippen MR) is 68.6 cm³/mol. The molecule has 1 aromatic rings. The summed E-state index contributed by atoms with van der Waals surface area (Å²) >= 11 is 0. The van der Waals surface area contributed by atoms with Crippen molar-refractivity contribution in [3.05, 3.63) is 29.6 Å². The molecule has 0 aliphatic heterocycles. The lowest BCUT2D eigenvalue weighted by Crippen LogP contribution is -2.23. The fraction of sp³-hybridized carbons (Fsp3) is 0.462. The Morgan fingerprint density at radius 2 is 2.50 bits per heavy atom. The lowest BCUT2D eigenvalue weighted by molar-refractivity contribution is -0.139. The maximum absolute atomic E-state index is 10.9. The van der Waals surface area contributed by atoms with Crippen LogP contribution >= 0.6 is 0 Å². The normalized spacial score (nSPS) is 14.9. The number of hydrogen-bond acceptors (Lipinski definition) is 5. The van der Waals surface area contributed by atoms with Gasteiger partial charge in [0, 0.05) is 19.0 Å². The number of esters is 1. The minimum atomic E-state index is -0.276. The van der Waals surface area contributed by atoms with Crippen LogP contribution in [0.1, 0.15) is 24.1 Å². The van der Waals surface area contributed by atoms with Crippen LogP contribution < -0.4 is 5.32 Å². The molecule has 18 heavy (non-hydrogen) atoms. The summed E-state index contributed by atoms with van der Waals surface area (Å²) in [5.74, 6) is -0.276. The quantitative estimate of drug-likeness (QED) is 0.600. The highest BCUT2D eigenvalue weighted by molar-refractivity contribution is 5.79. The van der Waals surface area contributed by atoms with Gasteiger partial charge in [-0.25, -0.2) is 0 Å². The Hall–Kier alpha value is -1.75. The average molecular weight is 247 g/mol. The van der Waals surface area contributed by atoms with E-state index in [-0.39, 0.29) is 12.5 Å². The molecule has 0 radical (unpaired) electrons. The van der Waals surface area contributed by atoms with Gasteiger partial charge in [0.1, 0.15) is 0 Å². The molecule has 96 valence electrons. The van der Waals surface area contributed by atoms with Crippen LogP contribution in [0.3, 0.4) is 0 Å². The maximum Gasteiger partial charge on any atom is 0.319 e. The molecule has 0 aromatic carbocycles. The number of methoxy groups -OCH3 is 1. The van der Waals surface area contributed by atoms with Gasteiger partial charge in [0.15, 0.2) is 0 Å². The number of nitrogens with zero attached hydrogens (tertiary/aromatic N) is 2. The summed E-state index contributed by atoms with van der Waals surface area (Å²) in [6.45, 7) is 0.735. The molecule has 1 heterocycles. The summed E-state index contributed by atoms with van der Waals surface area (Å²) in [6.07, 6.45) is 6.05. The molecule has 5 nitrogen and oxygen atoms in total. The van der Waals surface area contributed by atoms with E-state index in [0.29, 0.717) is 12.6 Å². The Balaban J connectivity index is 1.84. The molecule has 5 heteroatoms. The van der Waals surface area contributed by atoms with Crippen LogP contribution in [0.2, 0.25) is 0 Å². The van der Waals surface area contributed by atoms with Gasteiger partial charge in [0.05, 0.1) is 25.4 Å². The summed E-state index contributed by atoms with van der Waals surface area (Å²) in [6, 6.07) is 4.42. The van der Waals surface area contributed by atoms with E-state index in [0.717, 1.165) is 11.3 Å². The minimum absolute atomic E-state index is 0.193. The van der Waals surface area contributed by atoms with Gasteiger partial charge < -0.3 is 10.1 Å². The second kappa shape index (κ2) is 6.26. The van der Waals surface area contributed by atoms with Gasteiger partial charge in [-0.1, -0.05) is 0 Å². The number of aliphatic imine (C=N–C) groups is 1. The molecular weight excluding hydrogens is 230 g/mol. The van der Waals surface area contributed by atoms with Crippen molar-refractivity contribution in [3.63, 3.8) is 0 Å². The molecular formula is C13H17N3O2. The SMILES string of the molecule is COC(=O)CNCc1cc(C=NC2CC2)ccn1. The van der Waals surface area contributed by atoms with Crippen molar-refractivity contribution in [1.29, 1.82) is 0 Å². The molecule has 0 atom stereocenters. The topological polar surface area (TPSA) is 63.6 Å². The first-order chi connectivity index (χ1) is 8.78. The van der Waals surface area contributed by atoms with Crippen molar-refractivity contribution in [1.82, 2.24) is 10.3 Å². The molecule has 1 N–H and O–H groups in total. The summed E-state index contributed by atoms with van der Waals surface area (Å²) in [7, 11) is 1.37. The monoisotopic (exact) mass is 247 g/mol. The lowest BCUT2D eigenvalue weighted by atomic mass is 10.2. The van der Waals surface area contributed by atoms with Crippen molar-refractivity contribution in [2.24, 2.45) is 4.99 Å². The molecule has 1 aromatic heterocycles. The number of aromatic nitrogens is 1. The Morgan fingerprint density at radius 1 is 1.67 bits per heavy atom. The van der Waals surface area contributed by atoms with Crippen molar-refractivity contribution in [3.8, 4) is 0 Å². The van der Waals surface area contributed by atoms with E-state index in [2.05, 4.69) is 20.0 Å². The fourth-order valence-corrected chi connectivity index (χ4v) is 1.45. The first-order valence-corrected chi connectivity index (χ1v) is 6.03. The van der Waals surface area contributed by atoms with E-state index in [1.165, 1.54) is 20.0 Å². The van der Waals surface area contributed by atoms with Gasteiger partial charge in [-0.3, -0.25) is 14.8 Å². The number of carbonyl (C=O) groups is 1. The van der Waals surface area contributed by atoms with Crippen LogP contribution in [0, 0.1) is 0 Å². The van der Waals surface area contributed by atoms with E-state index in [4.69, 9.17) is 0 Å². The van der Waals surface area contributed by atoms with Crippen LogP contribution in [-0.4, -0.2) is 36.9 Å². The Bertz CT molecular complexity index is 442. The van der Waals surface area contributed by atoms with Crippen LogP contribution in [0.4, 0.5) is 0 Å². The molecule has 2 rings (SSSR count). The van der Waals surface area contributed by atoms with Gasteiger partial charge in [0.25, 0.3) is 0 Å². The van der Waals surface area contributed by atoms with Gasteiger partial charge in [0.2, 0.25) is 0 Å². The number of nitrogens with one attached hydrogen (secondary N) is 1. The van der Waals surface area contributed by atoms with Gasteiger partial charge in [-0.2, -0.15) is 0 Å². The summed E-state index contributed by atoms with van der Waals surface area (Å²) in [5.41, 5.74) is 1.94. The molecule has 0 saturated heterocycles. The zero-order chi connectivity index (χ0) is 12.8. The van der Waals surface area contributed by atoms with E-state index in [1.807, 2.05) is 18.3 Å². The summed E-state index contributed by atoms with van der Waals surface area (Å²) in [4.78, 5) is 19.6. The highest BCUT2D eigenvalue weighted by Gasteiger charge is 2.18. The number of ether oxygens (including phenoxy) is 1. The van der Waals surface area contributed by atoms with Crippen LogP contribution in [-0.2, 0) is 16.1 Å². The third-order valence-corrected chi connectivity index (χ3v) is 2.63. The lowest BCUT2D eigenvalue weighted by Gasteiger charge is -2.03. The highest BCUT2D eigenvalue weighted by atomic mass is 16.5. The molecule has 1 saturated carbocycles. The molecule has 1 fully saturated rings. The summed E-state index contributed by atoms with van der Waals surface area (Å²) < 4.78 is 4.54. The first kappa shape index (κ1) is 12.7. The standard InChI is InChI=1S/C13H17N3O2/c1-18-13(17)9-14-8-12-6-10(4-5-15-12)7-16-11-2-3-11/h4-7,11,14H,2-3,8-9H2,1H3. The highest BCUT2D eigenvalue weighted by Crippen LogP contribution is 2.23. The molecule has 0 spiro atoms. The largest absolute Gasteiger partial charge is 0.468 e. The van der Waals surface area contributed by atoms with Gasteiger partial charge >= 0.3 is 5.97 Å². The van der Waals surface area contributed by atoms with Crippen molar-refractivity contribution in [2.75, 3.05) is 13.7 Å². The number of hydrogen-bond donors (Lipinski definition) is 1. The van der Waals surface area contributed by atoms with E-state index in [9.17, 15) is 4.79 Å². The van der Waals surface area contributed by atoms with E-state index < -0.39 is 0 Å². The Morgan fingerprint density at radius 3 is 3.22 bits per heavy atom. The van der Waals surface area contributed by atoms with E-state index in [1.54, 1.807) is 6.20 Å². The van der Waals surface area contributed by atoms with Crippen molar-refractivity contribution >= 4 is 12.2 Å². The second-order valence-corrected chi connectivity index (χ2v) is 4.27. The van der Waals surface area contributed by atoms with Crippen LogP contribution in [0.5, 0.6) is 0 Å². The molecule has 1 aliphatic carbocycles. The Labute approximate surface area is 106 Å². The van der Waals surface area contributed by atoms with Crippen LogP contribution in [0.25, 0.3) is 0 Å². The first-order valence-electron chi connectivity index (χ1n) is 6.03.